The van der Waals surface area contributed by atoms with Gasteiger partial charge >= 0.3 is 5.97 Å². The number of aromatic nitrogens is 1. The number of carboxylic acid groups (broad SMARTS) is 1. The highest BCUT2D eigenvalue weighted by atomic mass is 16.5. The molecule has 2 heterocycles. The predicted octanol–water partition coefficient (Wildman–Crippen LogP) is 6.36. The number of carboxylic acids is 1. The van der Waals surface area contributed by atoms with Crippen LogP contribution in [0.5, 0.6) is 11.6 Å². The number of ether oxygens (including phenoxy) is 2. The van der Waals surface area contributed by atoms with Gasteiger partial charge in [-0.2, -0.15) is 5.26 Å². The summed E-state index contributed by atoms with van der Waals surface area (Å²) in [6.07, 6.45) is 5.38. The molecule has 0 saturated heterocycles. The molecule has 2 unspecified atom stereocenters. The Bertz CT molecular complexity index is 1440. The number of nitriles is 1. The summed E-state index contributed by atoms with van der Waals surface area (Å²) in [5, 5.41) is 19.5. The van der Waals surface area contributed by atoms with E-state index in [4.69, 9.17) is 9.47 Å². The van der Waals surface area contributed by atoms with Crippen LogP contribution in [0.15, 0.2) is 48.7 Å². The second-order valence-corrected chi connectivity index (χ2v) is 11.1. The van der Waals surface area contributed by atoms with Gasteiger partial charge in [-0.05, 0) is 85.0 Å². The zero-order chi connectivity index (χ0) is 28.4. The van der Waals surface area contributed by atoms with Gasteiger partial charge in [0.2, 0.25) is 5.88 Å². The molecular weight excluding hydrogens is 502 g/mol. The van der Waals surface area contributed by atoms with Crippen molar-refractivity contribution in [3.05, 3.63) is 76.5 Å². The summed E-state index contributed by atoms with van der Waals surface area (Å²) in [6.45, 7) is 5.56. The van der Waals surface area contributed by atoms with Crippen LogP contribution in [0.1, 0.15) is 72.9 Å². The van der Waals surface area contributed by atoms with E-state index in [1.165, 1.54) is 5.56 Å². The summed E-state index contributed by atoms with van der Waals surface area (Å²) in [5.74, 6) is 0.593. The van der Waals surface area contributed by atoms with E-state index in [0.29, 0.717) is 17.4 Å². The Kier molecular flexibility index (Phi) is 8.09. The first-order valence-electron chi connectivity index (χ1n) is 14.1. The molecular formula is C33H37N3O4. The number of fused-ring (bicyclic) bond motifs is 1. The molecule has 0 bridgehead atoms. The molecule has 5 rings (SSSR count). The summed E-state index contributed by atoms with van der Waals surface area (Å²) in [4.78, 5) is 18.3. The number of aliphatic carboxylic acids is 1. The van der Waals surface area contributed by atoms with Gasteiger partial charge in [-0.25, -0.2) is 4.98 Å². The van der Waals surface area contributed by atoms with Gasteiger partial charge in [0.05, 0.1) is 18.6 Å². The number of rotatable bonds is 10. The van der Waals surface area contributed by atoms with Crippen molar-refractivity contribution in [3.8, 4) is 28.8 Å². The van der Waals surface area contributed by atoms with Gasteiger partial charge in [0, 0.05) is 24.4 Å². The normalized spacial score (nSPS) is 17.9. The number of pyridine rings is 1. The summed E-state index contributed by atoms with van der Waals surface area (Å²) in [5.41, 5.74) is 6.73. The molecule has 1 aromatic heterocycles. The Balaban J connectivity index is 1.48. The molecule has 7 nitrogen and oxygen atoms in total. The molecule has 3 atom stereocenters. The highest BCUT2D eigenvalue weighted by molar-refractivity contribution is 5.74. The third kappa shape index (κ3) is 5.68. The number of benzene rings is 2. The van der Waals surface area contributed by atoms with Gasteiger partial charge in [-0.15, -0.1) is 0 Å². The lowest BCUT2D eigenvalue weighted by molar-refractivity contribution is -0.142. The van der Waals surface area contributed by atoms with Crippen LogP contribution in [0.4, 0.5) is 0 Å². The first kappa shape index (κ1) is 27.7. The summed E-state index contributed by atoms with van der Waals surface area (Å²) < 4.78 is 12.0. The van der Waals surface area contributed by atoms with Gasteiger partial charge in [-0.3, -0.25) is 4.79 Å². The number of hydrogen-bond acceptors (Lipinski definition) is 6. The summed E-state index contributed by atoms with van der Waals surface area (Å²) >= 11 is 0. The van der Waals surface area contributed by atoms with Gasteiger partial charge < -0.3 is 19.5 Å². The largest absolute Gasteiger partial charge is 0.485 e. The van der Waals surface area contributed by atoms with Crippen molar-refractivity contribution >= 4 is 5.97 Å². The van der Waals surface area contributed by atoms with Crippen molar-refractivity contribution in [1.29, 1.82) is 5.26 Å². The van der Waals surface area contributed by atoms with Crippen molar-refractivity contribution < 1.29 is 19.4 Å². The van der Waals surface area contributed by atoms with E-state index in [0.717, 1.165) is 72.3 Å². The van der Waals surface area contributed by atoms with Crippen LogP contribution in [0.2, 0.25) is 0 Å². The average molecular weight is 540 g/mol. The Morgan fingerprint density at radius 2 is 2.00 bits per heavy atom. The van der Waals surface area contributed by atoms with E-state index in [2.05, 4.69) is 66.3 Å². The molecule has 2 aromatic carbocycles. The van der Waals surface area contributed by atoms with Crippen LogP contribution in [0, 0.1) is 23.2 Å². The van der Waals surface area contributed by atoms with E-state index < -0.39 is 11.9 Å². The van der Waals surface area contributed by atoms with Crippen LogP contribution in [-0.2, 0) is 17.8 Å². The fraction of sp³-hybridized carbons (Fsp3) is 0.424. The van der Waals surface area contributed by atoms with Gasteiger partial charge in [0.25, 0.3) is 0 Å². The Morgan fingerprint density at radius 1 is 1.20 bits per heavy atom. The molecule has 3 aromatic rings. The van der Waals surface area contributed by atoms with Crippen LogP contribution in [0.25, 0.3) is 11.1 Å². The molecule has 1 fully saturated rings. The Morgan fingerprint density at radius 3 is 2.67 bits per heavy atom. The van der Waals surface area contributed by atoms with E-state index >= 15 is 0 Å². The van der Waals surface area contributed by atoms with Crippen LogP contribution in [-0.4, -0.2) is 41.7 Å². The zero-order valence-electron chi connectivity index (χ0n) is 23.7. The van der Waals surface area contributed by atoms with Crippen LogP contribution in [0.3, 0.4) is 0 Å². The third-order valence-electron chi connectivity index (χ3n) is 8.46. The molecule has 0 spiro atoms. The Hall–Kier alpha value is -3.89. The van der Waals surface area contributed by atoms with Crippen molar-refractivity contribution in [2.45, 2.75) is 58.1 Å². The third-order valence-corrected chi connectivity index (χ3v) is 8.46. The first-order valence-corrected chi connectivity index (χ1v) is 14.1. The van der Waals surface area contributed by atoms with E-state index in [1.807, 2.05) is 13.0 Å². The SMILES string of the molecule is CCN(C)Cc1cc(C2CCc3ccc(C(C4CC4)[C@H](C)C(=O)O)cc3O2)ccc1-c1cc(OC)ncc1C#N. The van der Waals surface area contributed by atoms with Gasteiger partial charge in [0.15, 0.2) is 0 Å². The molecule has 7 heteroatoms. The van der Waals surface area contributed by atoms with E-state index in [9.17, 15) is 15.2 Å². The molecule has 1 aliphatic heterocycles. The number of methoxy groups -OCH3 is 1. The Labute approximate surface area is 236 Å². The van der Waals surface area contributed by atoms with E-state index in [-0.39, 0.29) is 12.0 Å². The molecule has 1 N–H and O–H groups in total. The standard InChI is InChI=1S/C33H37N3O4/c1-5-36(3)19-25-14-23(10-12-27(25)28-16-31(39-4)35-18-26(28)17-34)29-13-11-21-6-9-24(15-30(21)40-29)32(22-7-8-22)20(2)33(37)38/h6,9-10,12,14-16,18,20,22,29,32H,5,7-8,11,13,19H2,1-4H3,(H,37,38)/t20-,29?,32?/m0/s1. The molecule has 208 valence electrons. The minimum Gasteiger partial charge on any atom is -0.485 e. The molecule has 2 aliphatic rings. The quantitative estimate of drug-likeness (QED) is 0.320. The molecule has 0 radical (unpaired) electrons. The number of hydrogen-bond donors (Lipinski definition) is 1. The summed E-state index contributed by atoms with van der Waals surface area (Å²) in [7, 11) is 3.66. The van der Waals surface area contributed by atoms with Crippen LogP contribution >= 0.6 is 0 Å². The lowest BCUT2D eigenvalue weighted by Crippen LogP contribution is -2.21. The summed E-state index contributed by atoms with van der Waals surface area (Å²) in [6, 6.07) is 16.8. The fourth-order valence-corrected chi connectivity index (χ4v) is 5.88. The minimum atomic E-state index is -0.746. The van der Waals surface area contributed by atoms with Crippen molar-refractivity contribution in [1.82, 2.24) is 9.88 Å². The maximum Gasteiger partial charge on any atom is 0.306 e. The van der Waals surface area contributed by atoms with Gasteiger partial charge in [-0.1, -0.05) is 44.2 Å². The monoisotopic (exact) mass is 539 g/mol. The van der Waals surface area contributed by atoms with Crippen LogP contribution < -0.4 is 9.47 Å². The topological polar surface area (TPSA) is 95.7 Å². The maximum absolute atomic E-state index is 11.8. The van der Waals surface area contributed by atoms with E-state index in [1.54, 1.807) is 13.3 Å². The average Bonchev–Trinajstić information content (AvgIpc) is 3.81. The van der Waals surface area contributed by atoms with Gasteiger partial charge in [0.1, 0.15) is 17.9 Å². The molecule has 1 aliphatic carbocycles. The first-order chi connectivity index (χ1) is 19.3. The molecule has 1 saturated carbocycles. The molecule has 0 amide bonds. The zero-order valence-corrected chi connectivity index (χ0v) is 23.7. The van der Waals surface area contributed by atoms with Crippen molar-refractivity contribution in [2.75, 3.05) is 20.7 Å². The smallest absolute Gasteiger partial charge is 0.306 e. The number of aryl methyl sites for hydroxylation is 1. The highest BCUT2D eigenvalue weighted by Crippen LogP contribution is 2.48. The second kappa shape index (κ2) is 11.7. The lowest BCUT2D eigenvalue weighted by Gasteiger charge is -2.29. The minimum absolute atomic E-state index is 0.00827. The van der Waals surface area contributed by atoms with Crippen molar-refractivity contribution in [3.63, 3.8) is 0 Å². The lowest BCUT2D eigenvalue weighted by atomic mass is 9.82. The highest BCUT2D eigenvalue weighted by Gasteiger charge is 2.39. The maximum atomic E-state index is 11.8. The second-order valence-electron chi connectivity index (χ2n) is 11.1. The fourth-order valence-electron chi connectivity index (χ4n) is 5.88. The number of carbonyl (C=O) groups is 1. The molecule has 40 heavy (non-hydrogen) atoms. The van der Waals surface area contributed by atoms with Crippen molar-refractivity contribution in [2.24, 2.45) is 11.8 Å². The number of nitrogens with zero attached hydrogens (tertiary/aromatic N) is 3. The predicted molar refractivity (Wildman–Crippen MR) is 153 cm³/mol.